The minimum atomic E-state index is -2.85. The van der Waals surface area contributed by atoms with Gasteiger partial charge in [0.15, 0.2) is 14.3 Å². The van der Waals surface area contributed by atoms with Crippen molar-refractivity contribution in [3.05, 3.63) is 121 Å². The Hall–Kier alpha value is -2.31. The summed E-state index contributed by atoms with van der Waals surface area (Å²) in [6.45, 7) is 0. The summed E-state index contributed by atoms with van der Waals surface area (Å²) in [4.78, 5) is 0. The largest absolute Gasteiger partial charge is 0.313 e. The molecule has 0 amide bonds. The summed E-state index contributed by atoms with van der Waals surface area (Å²) in [6, 6.07) is 38.6. The van der Waals surface area contributed by atoms with Crippen LogP contribution in [0.5, 0.6) is 0 Å². The maximum atomic E-state index is 14.3. The molecule has 0 heterocycles. The molecule has 0 saturated carbocycles. The van der Waals surface area contributed by atoms with Crippen molar-refractivity contribution < 1.29 is 9.13 Å². The molecule has 4 rings (SSSR count). The van der Waals surface area contributed by atoms with Gasteiger partial charge in [0.1, 0.15) is 0 Å². The van der Waals surface area contributed by atoms with Crippen molar-refractivity contribution in [3.8, 4) is 0 Å². The van der Waals surface area contributed by atoms with E-state index in [9.17, 15) is 9.13 Å². The van der Waals surface area contributed by atoms with Crippen LogP contribution >= 0.6 is 26.0 Å². The summed E-state index contributed by atoms with van der Waals surface area (Å²) in [5, 5.41) is 3.34. The molecule has 0 aliphatic rings. The zero-order chi connectivity index (χ0) is 21.6. The van der Waals surface area contributed by atoms with Crippen LogP contribution in [0.25, 0.3) is 0 Å². The minimum absolute atomic E-state index is 0.407. The third kappa shape index (κ3) is 4.80. The first-order valence-corrected chi connectivity index (χ1v) is 15.1. The van der Waals surface area contributed by atoms with E-state index in [1.807, 2.05) is 121 Å². The number of rotatable bonds is 8. The Labute approximate surface area is 188 Å². The summed E-state index contributed by atoms with van der Waals surface area (Å²) < 4.78 is 28.5. The lowest BCUT2D eigenvalue weighted by molar-refractivity contribution is 0.589. The quantitative estimate of drug-likeness (QED) is 0.317. The maximum Gasteiger partial charge on any atom is 0.152 e. The topological polar surface area (TPSA) is 34.1 Å². The lowest BCUT2D eigenvalue weighted by Crippen LogP contribution is -2.19. The van der Waals surface area contributed by atoms with Crippen LogP contribution in [-0.4, -0.2) is 11.0 Å². The summed E-state index contributed by atoms with van der Waals surface area (Å²) in [5.41, 5.74) is 0.815. The SMILES string of the molecule is O=P(CSCP(=O)(c1ccccc1)c1ccccc1)(c1ccccc1)c1ccccc1. The molecule has 0 aliphatic heterocycles. The van der Waals surface area contributed by atoms with Gasteiger partial charge >= 0.3 is 0 Å². The highest BCUT2D eigenvalue weighted by Crippen LogP contribution is 2.52. The Morgan fingerprint density at radius 3 is 0.871 bits per heavy atom. The first-order valence-electron chi connectivity index (χ1n) is 10.1. The van der Waals surface area contributed by atoms with Crippen molar-refractivity contribution >= 4 is 47.3 Å². The number of hydrogen-bond acceptors (Lipinski definition) is 3. The van der Waals surface area contributed by atoms with Crippen LogP contribution in [0.1, 0.15) is 0 Å². The van der Waals surface area contributed by atoms with Gasteiger partial charge in [-0.1, -0.05) is 121 Å². The van der Waals surface area contributed by atoms with E-state index in [-0.39, 0.29) is 0 Å². The predicted octanol–water partition coefficient (Wildman–Crippen LogP) is 5.66. The average Bonchev–Trinajstić information content (AvgIpc) is 2.86. The van der Waals surface area contributed by atoms with E-state index in [2.05, 4.69) is 0 Å². The summed E-state index contributed by atoms with van der Waals surface area (Å²) in [7, 11) is -5.70. The number of benzene rings is 4. The Kier molecular flexibility index (Phi) is 6.98. The molecule has 0 atom stereocenters. The summed E-state index contributed by atoms with van der Waals surface area (Å²) >= 11 is 1.52. The fourth-order valence-electron chi connectivity index (χ4n) is 3.57. The Morgan fingerprint density at radius 1 is 0.419 bits per heavy atom. The van der Waals surface area contributed by atoms with Crippen molar-refractivity contribution in [3.63, 3.8) is 0 Å². The molecule has 0 N–H and O–H groups in total. The second kappa shape index (κ2) is 9.88. The maximum absolute atomic E-state index is 14.3. The highest BCUT2D eigenvalue weighted by Gasteiger charge is 2.31. The highest BCUT2D eigenvalue weighted by atomic mass is 32.2. The van der Waals surface area contributed by atoms with Crippen LogP contribution in [0.2, 0.25) is 0 Å². The first-order chi connectivity index (χ1) is 15.1. The van der Waals surface area contributed by atoms with E-state index in [0.29, 0.717) is 11.0 Å². The smallest absolute Gasteiger partial charge is 0.152 e. The van der Waals surface area contributed by atoms with E-state index in [1.165, 1.54) is 11.8 Å². The molecule has 0 radical (unpaired) electrons. The molecule has 0 aromatic heterocycles. The molecule has 4 aromatic carbocycles. The van der Waals surface area contributed by atoms with Gasteiger partial charge in [-0.05, 0) is 0 Å². The van der Waals surface area contributed by atoms with Crippen LogP contribution in [0, 0.1) is 0 Å². The predicted molar refractivity (Wildman–Crippen MR) is 137 cm³/mol. The molecular formula is C26H24O2P2S. The minimum Gasteiger partial charge on any atom is -0.313 e. The Balaban J connectivity index is 1.66. The van der Waals surface area contributed by atoms with Gasteiger partial charge in [0.25, 0.3) is 0 Å². The molecule has 4 aromatic rings. The standard InChI is InChI=1S/C26H24O2P2S/c27-29(23-13-5-1-6-14-23,24-15-7-2-8-16-24)21-31-22-30(28,25-17-9-3-10-18-25)26-19-11-4-12-20-26/h1-20H,21-22H2. The third-order valence-corrected chi connectivity index (χ3v) is 14.1. The summed E-state index contributed by atoms with van der Waals surface area (Å²) in [5.74, 6) is 0. The monoisotopic (exact) mass is 462 g/mol. The normalized spacial score (nSPS) is 11.9. The van der Waals surface area contributed by atoms with Crippen LogP contribution in [0.15, 0.2) is 121 Å². The van der Waals surface area contributed by atoms with E-state index in [0.717, 1.165) is 21.2 Å². The second-order valence-corrected chi connectivity index (χ2v) is 14.8. The Bertz CT molecular complexity index is 1010. The van der Waals surface area contributed by atoms with Crippen molar-refractivity contribution in [2.75, 3.05) is 11.0 Å². The van der Waals surface area contributed by atoms with Gasteiger partial charge in [0, 0.05) is 21.2 Å². The average molecular weight is 462 g/mol. The molecular weight excluding hydrogens is 438 g/mol. The number of hydrogen-bond donors (Lipinski definition) is 0. The molecule has 156 valence electrons. The van der Waals surface area contributed by atoms with Gasteiger partial charge in [-0.25, -0.2) is 0 Å². The third-order valence-electron chi connectivity index (χ3n) is 5.24. The lowest BCUT2D eigenvalue weighted by Gasteiger charge is -2.22. The highest BCUT2D eigenvalue weighted by molar-refractivity contribution is 8.13. The lowest BCUT2D eigenvalue weighted by atomic mass is 10.4. The van der Waals surface area contributed by atoms with Crippen molar-refractivity contribution in [2.45, 2.75) is 0 Å². The summed E-state index contributed by atoms with van der Waals surface area (Å²) in [6.07, 6.45) is 0. The van der Waals surface area contributed by atoms with E-state index < -0.39 is 14.3 Å². The molecule has 0 spiro atoms. The molecule has 0 saturated heterocycles. The van der Waals surface area contributed by atoms with E-state index in [4.69, 9.17) is 0 Å². The van der Waals surface area contributed by atoms with Crippen LogP contribution < -0.4 is 21.2 Å². The van der Waals surface area contributed by atoms with Gasteiger partial charge in [-0.15, -0.1) is 11.8 Å². The molecule has 2 nitrogen and oxygen atoms in total. The molecule has 0 bridgehead atoms. The fourth-order valence-corrected chi connectivity index (χ4v) is 12.3. The molecule has 0 unspecified atom stereocenters. The number of thioether (sulfide) groups is 1. The van der Waals surface area contributed by atoms with Crippen molar-refractivity contribution in [2.24, 2.45) is 0 Å². The molecule has 31 heavy (non-hydrogen) atoms. The van der Waals surface area contributed by atoms with Gasteiger partial charge in [-0.2, -0.15) is 0 Å². The van der Waals surface area contributed by atoms with Gasteiger partial charge in [0.05, 0.1) is 11.0 Å². The van der Waals surface area contributed by atoms with E-state index in [1.54, 1.807) is 0 Å². The van der Waals surface area contributed by atoms with Gasteiger partial charge < -0.3 is 9.13 Å². The van der Waals surface area contributed by atoms with E-state index >= 15 is 0 Å². The zero-order valence-electron chi connectivity index (χ0n) is 17.1. The van der Waals surface area contributed by atoms with Gasteiger partial charge in [-0.3, -0.25) is 0 Å². The van der Waals surface area contributed by atoms with Crippen LogP contribution in [0.4, 0.5) is 0 Å². The van der Waals surface area contributed by atoms with Crippen LogP contribution in [0.3, 0.4) is 0 Å². The molecule has 0 fully saturated rings. The molecule has 0 aliphatic carbocycles. The fraction of sp³-hybridized carbons (Fsp3) is 0.0769. The second-order valence-electron chi connectivity index (χ2n) is 7.28. The first kappa shape index (κ1) is 21.9. The van der Waals surface area contributed by atoms with Gasteiger partial charge in [0.2, 0.25) is 0 Å². The van der Waals surface area contributed by atoms with Crippen molar-refractivity contribution in [1.82, 2.24) is 0 Å². The molecule has 5 heteroatoms. The Morgan fingerprint density at radius 2 is 0.645 bits per heavy atom. The van der Waals surface area contributed by atoms with Crippen LogP contribution in [-0.2, 0) is 9.13 Å². The van der Waals surface area contributed by atoms with Crippen molar-refractivity contribution in [1.29, 1.82) is 0 Å². The zero-order valence-corrected chi connectivity index (χ0v) is 19.7.